The van der Waals surface area contributed by atoms with Crippen LogP contribution in [0.2, 0.25) is 0 Å². The molecule has 3 aromatic rings. The SMILES string of the molecule is Ic1ccc(N=Nc2ccc(C#Cc3ccccc3)cc2)cc1. The fraction of sp³-hybridized carbons (Fsp3) is 0. The van der Waals surface area contributed by atoms with Crippen LogP contribution in [0.1, 0.15) is 11.1 Å². The molecule has 0 fully saturated rings. The van der Waals surface area contributed by atoms with E-state index in [2.05, 4.69) is 44.7 Å². The van der Waals surface area contributed by atoms with Crippen molar-refractivity contribution in [3.63, 3.8) is 0 Å². The van der Waals surface area contributed by atoms with Crippen LogP contribution in [0.4, 0.5) is 11.4 Å². The standard InChI is InChI=1S/C20H13IN2/c21-18-10-14-20(15-11-18)23-22-19-12-8-17(9-13-19)7-6-16-4-2-1-3-5-16/h1-5,8-15H. The minimum atomic E-state index is 0.814. The molecule has 0 radical (unpaired) electrons. The van der Waals surface area contributed by atoms with Crippen molar-refractivity contribution in [2.75, 3.05) is 0 Å². The summed E-state index contributed by atoms with van der Waals surface area (Å²) in [4.78, 5) is 0. The molecular formula is C20H13IN2. The predicted octanol–water partition coefficient (Wildman–Crippen LogP) is 6.11. The summed E-state index contributed by atoms with van der Waals surface area (Å²) in [6, 6.07) is 25.6. The van der Waals surface area contributed by atoms with Crippen molar-refractivity contribution in [3.05, 3.63) is 93.6 Å². The van der Waals surface area contributed by atoms with Gasteiger partial charge in [-0.15, -0.1) is 0 Å². The first-order valence-electron chi connectivity index (χ1n) is 7.14. The lowest BCUT2D eigenvalue weighted by Gasteiger charge is -1.95. The van der Waals surface area contributed by atoms with Gasteiger partial charge in [-0.25, -0.2) is 0 Å². The number of hydrogen-bond acceptors (Lipinski definition) is 2. The number of hydrogen-bond donors (Lipinski definition) is 0. The molecule has 0 atom stereocenters. The predicted molar refractivity (Wildman–Crippen MR) is 102 cm³/mol. The quantitative estimate of drug-likeness (QED) is 0.278. The summed E-state index contributed by atoms with van der Waals surface area (Å²) < 4.78 is 1.18. The lowest BCUT2D eigenvalue weighted by Crippen LogP contribution is -1.75. The van der Waals surface area contributed by atoms with Gasteiger partial charge in [-0.2, -0.15) is 10.2 Å². The minimum Gasteiger partial charge on any atom is -0.151 e. The van der Waals surface area contributed by atoms with E-state index in [-0.39, 0.29) is 0 Å². The molecule has 0 aromatic heterocycles. The summed E-state index contributed by atoms with van der Waals surface area (Å²) >= 11 is 2.27. The fourth-order valence-corrected chi connectivity index (χ4v) is 2.26. The van der Waals surface area contributed by atoms with E-state index in [0.29, 0.717) is 0 Å². The molecule has 3 rings (SSSR count). The van der Waals surface area contributed by atoms with E-state index < -0.39 is 0 Å². The number of rotatable bonds is 2. The summed E-state index contributed by atoms with van der Waals surface area (Å²) in [5.41, 5.74) is 3.63. The smallest absolute Gasteiger partial charge is 0.0857 e. The summed E-state index contributed by atoms with van der Waals surface area (Å²) in [6.45, 7) is 0. The van der Waals surface area contributed by atoms with Crippen molar-refractivity contribution >= 4 is 34.0 Å². The molecule has 0 aliphatic carbocycles. The Labute approximate surface area is 149 Å². The first kappa shape index (κ1) is 15.4. The number of halogens is 1. The Balaban J connectivity index is 1.70. The fourth-order valence-electron chi connectivity index (χ4n) is 1.90. The summed E-state index contributed by atoms with van der Waals surface area (Å²) in [5, 5.41) is 8.47. The summed E-state index contributed by atoms with van der Waals surface area (Å²) in [7, 11) is 0. The largest absolute Gasteiger partial charge is 0.151 e. The Bertz CT molecular complexity index is 856. The maximum Gasteiger partial charge on any atom is 0.0857 e. The van der Waals surface area contributed by atoms with E-state index in [9.17, 15) is 0 Å². The third-order valence-electron chi connectivity index (χ3n) is 3.10. The zero-order valence-electron chi connectivity index (χ0n) is 12.3. The maximum atomic E-state index is 4.24. The number of benzene rings is 3. The van der Waals surface area contributed by atoms with Gasteiger partial charge in [0.05, 0.1) is 11.4 Å². The highest BCUT2D eigenvalue weighted by Gasteiger charge is 1.92. The number of nitrogens with zero attached hydrogens (tertiary/aromatic N) is 2. The van der Waals surface area contributed by atoms with Crippen LogP contribution in [0.15, 0.2) is 89.1 Å². The first-order chi connectivity index (χ1) is 11.3. The highest BCUT2D eigenvalue weighted by molar-refractivity contribution is 14.1. The van der Waals surface area contributed by atoms with E-state index in [1.807, 2.05) is 78.9 Å². The van der Waals surface area contributed by atoms with Gasteiger partial charge in [0.1, 0.15) is 0 Å². The first-order valence-corrected chi connectivity index (χ1v) is 8.22. The van der Waals surface area contributed by atoms with Crippen molar-refractivity contribution in [2.45, 2.75) is 0 Å². The normalized spacial score (nSPS) is 10.3. The molecular weight excluding hydrogens is 395 g/mol. The molecule has 3 aromatic carbocycles. The molecule has 0 saturated carbocycles. The van der Waals surface area contributed by atoms with Crippen LogP contribution >= 0.6 is 22.6 Å². The molecule has 3 heteroatoms. The highest BCUT2D eigenvalue weighted by Crippen LogP contribution is 2.19. The van der Waals surface area contributed by atoms with Gasteiger partial charge in [-0.05, 0) is 83.3 Å². The second kappa shape index (κ2) is 7.70. The van der Waals surface area contributed by atoms with Gasteiger partial charge < -0.3 is 0 Å². The lowest BCUT2D eigenvalue weighted by atomic mass is 10.2. The molecule has 0 heterocycles. The second-order valence-electron chi connectivity index (χ2n) is 4.84. The molecule has 0 spiro atoms. The van der Waals surface area contributed by atoms with E-state index in [1.165, 1.54) is 3.57 Å². The van der Waals surface area contributed by atoms with Crippen molar-refractivity contribution in [2.24, 2.45) is 10.2 Å². The Morgan fingerprint density at radius 3 is 1.61 bits per heavy atom. The topological polar surface area (TPSA) is 24.7 Å². The minimum absolute atomic E-state index is 0.814. The van der Waals surface area contributed by atoms with Crippen LogP contribution in [0.5, 0.6) is 0 Å². The van der Waals surface area contributed by atoms with Crippen LogP contribution < -0.4 is 0 Å². The molecule has 0 N–H and O–H groups in total. The molecule has 0 amide bonds. The van der Waals surface area contributed by atoms with Gasteiger partial charge in [0.15, 0.2) is 0 Å². The van der Waals surface area contributed by atoms with Gasteiger partial charge in [0.25, 0.3) is 0 Å². The zero-order chi connectivity index (χ0) is 15.9. The van der Waals surface area contributed by atoms with E-state index in [0.717, 1.165) is 22.5 Å². The van der Waals surface area contributed by atoms with Crippen molar-refractivity contribution in [1.29, 1.82) is 0 Å². The molecule has 2 nitrogen and oxygen atoms in total. The maximum absolute atomic E-state index is 4.24. The van der Waals surface area contributed by atoms with Crippen LogP contribution in [-0.2, 0) is 0 Å². The average molecular weight is 408 g/mol. The van der Waals surface area contributed by atoms with Crippen molar-refractivity contribution in [3.8, 4) is 11.8 Å². The molecule has 0 bridgehead atoms. The van der Waals surface area contributed by atoms with Gasteiger partial charge >= 0.3 is 0 Å². The van der Waals surface area contributed by atoms with Gasteiger partial charge in [-0.1, -0.05) is 30.0 Å². The van der Waals surface area contributed by atoms with Crippen LogP contribution in [-0.4, -0.2) is 0 Å². The van der Waals surface area contributed by atoms with Crippen molar-refractivity contribution in [1.82, 2.24) is 0 Å². The lowest BCUT2D eigenvalue weighted by molar-refractivity contribution is 1.23. The van der Waals surface area contributed by atoms with Crippen LogP contribution in [0.25, 0.3) is 0 Å². The Morgan fingerprint density at radius 1 is 0.565 bits per heavy atom. The van der Waals surface area contributed by atoms with Crippen LogP contribution in [0.3, 0.4) is 0 Å². The van der Waals surface area contributed by atoms with E-state index >= 15 is 0 Å². The van der Waals surface area contributed by atoms with E-state index in [1.54, 1.807) is 0 Å². The molecule has 110 valence electrons. The zero-order valence-corrected chi connectivity index (χ0v) is 14.4. The van der Waals surface area contributed by atoms with Gasteiger partial charge in [-0.3, -0.25) is 0 Å². The summed E-state index contributed by atoms with van der Waals surface area (Å²) in [6.07, 6.45) is 0. The second-order valence-corrected chi connectivity index (χ2v) is 6.08. The Morgan fingerprint density at radius 2 is 1.04 bits per heavy atom. The number of azo groups is 1. The highest BCUT2D eigenvalue weighted by atomic mass is 127. The van der Waals surface area contributed by atoms with Gasteiger partial charge in [0.2, 0.25) is 0 Å². The monoisotopic (exact) mass is 408 g/mol. The van der Waals surface area contributed by atoms with Crippen molar-refractivity contribution < 1.29 is 0 Å². The molecule has 23 heavy (non-hydrogen) atoms. The third-order valence-corrected chi connectivity index (χ3v) is 3.82. The van der Waals surface area contributed by atoms with Crippen LogP contribution in [0, 0.1) is 15.4 Å². The average Bonchev–Trinajstić information content (AvgIpc) is 2.61. The summed E-state index contributed by atoms with van der Waals surface area (Å²) in [5.74, 6) is 6.28. The van der Waals surface area contributed by atoms with Gasteiger partial charge in [0, 0.05) is 14.7 Å². The Kier molecular flexibility index (Phi) is 5.17. The molecule has 0 aliphatic rings. The molecule has 0 aliphatic heterocycles. The molecule has 0 saturated heterocycles. The Hall–Kier alpha value is -2.45. The third kappa shape index (κ3) is 4.76. The van der Waals surface area contributed by atoms with E-state index in [4.69, 9.17) is 0 Å². The molecule has 0 unspecified atom stereocenters.